The molecule has 0 aromatic rings. The summed E-state index contributed by atoms with van der Waals surface area (Å²) in [5, 5.41) is 12.1. The SMILES string of the molecule is C[C@H]1CN(C)[C@H](CCO)CN1. The van der Waals surface area contributed by atoms with Crippen LogP contribution in [0.25, 0.3) is 0 Å². The van der Waals surface area contributed by atoms with Crippen LogP contribution in [0.3, 0.4) is 0 Å². The molecule has 0 aromatic heterocycles. The molecule has 3 nitrogen and oxygen atoms in total. The van der Waals surface area contributed by atoms with Gasteiger partial charge in [-0.05, 0) is 20.4 Å². The standard InChI is InChI=1S/C8H18N2O/c1-7-6-10(2)8(3-4-11)5-9-7/h7-9,11H,3-6H2,1-2H3/t7-,8+/m0/s1. The van der Waals surface area contributed by atoms with E-state index in [2.05, 4.69) is 24.2 Å². The summed E-state index contributed by atoms with van der Waals surface area (Å²) in [5.74, 6) is 0. The summed E-state index contributed by atoms with van der Waals surface area (Å²) >= 11 is 0. The molecule has 2 atom stereocenters. The fourth-order valence-corrected chi connectivity index (χ4v) is 1.61. The zero-order valence-corrected chi connectivity index (χ0v) is 7.38. The van der Waals surface area contributed by atoms with Crippen molar-refractivity contribution < 1.29 is 5.11 Å². The lowest BCUT2D eigenvalue weighted by Gasteiger charge is -2.36. The first-order chi connectivity index (χ1) is 5.24. The first-order valence-corrected chi connectivity index (χ1v) is 4.28. The van der Waals surface area contributed by atoms with Crippen molar-refractivity contribution in [3.8, 4) is 0 Å². The van der Waals surface area contributed by atoms with Gasteiger partial charge >= 0.3 is 0 Å². The summed E-state index contributed by atoms with van der Waals surface area (Å²) in [5.41, 5.74) is 0. The first-order valence-electron chi connectivity index (χ1n) is 4.28. The van der Waals surface area contributed by atoms with Crippen LogP contribution in [-0.4, -0.2) is 48.8 Å². The normalized spacial score (nSPS) is 34.1. The average Bonchev–Trinajstić information content (AvgIpc) is 1.95. The molecule has 0 aromatic carbocycles. The Kier molecular flexibility index (Phi) is 3.30. The molecule has 2 N–H and O–H groups in total. The maximum atomic E-state index is 8.75. The van der Waals surface area contributed by atoms with E-state index in [1.54, 1.807) is 0 Å². The topological polar surface area (TPSA) is 35.5 Å². The highest BCUT2D eigenvalue weighted by atomic mass is 16.3. The Hall–Kier alpha value is -0.120. The number of hydrogen-bond acceptors (Lipinski definition) is 3. The van der Waals surface area contributed by atoms with Crippen LogP contribution in [0, 0.1) is 0 Å². The zero-order valence-electron chi connectivity index (χ0n) is 7.38. The first kappa shape index (κ1) is 8.97. The lowest BCUT2D eigenvalue weighted by molar-refractivity contribution is 0.137. The molecule has 1 rings (SSSR count). The van der Waals surface area contributed by atoms with Crippen LogP contribution in [0.15, 0.2) is 0 Å². The number of hydrogen-bond donors (Lipinski definition) is 2. The summed E-state index contributed by atoms with van der Waals surface area (Å²) < 4.78 is 0. The molecule has 11 heavy (non-hydrogen) atoms. The molecule has 1 fully saturated rings. The molecule has 0 unspecified atom stereocenters. The number of nitrogens with zero attached hydrogens (tertiary/aromatic N) is 1. The van der Waals surface area contributed by atoms with Crippen molar-refractivity contribution >= 4 is 0 Å². The molecule has 1 heterocycles. The Bertz CT molecular complexity index is 119. The van der Waals surface area contributed by atoms with E-state index in [1.807, 2.05) is 0 Å². The summed E-state index contributed by atoms with van der Waals surface area (Å²) in [7, 11) is 2.12. The van der Waals surface area contributed by atoms with Gasteiger partial charge in [0.25, 0.3) is 0 Å². The number of nitrogens with one attached hydrogen (secondary N) is 1. The molecule has 0 bridgehead atoms. The predicted molar refractivity (Wildman–Crippen MR) is 45.6 cm³/mol. The average molecular weight is 158 g/mol. The highest BCUT2D eigenvalue weighted by molar-refractivity contribution is 4.81. The van der Waals surface area contributed by atoms with Crippen molar-refractivity contribution in [2.45, 2.75) is 25.4 Å². The van der Waals surface area contributed by atoms with Crippen LogP contribution in [0.4, 0.5) is 0 Å². The number of aliphatic hydroxyl groups is 1. The van der Waals surface area contributed by atoms with Gasteiger partial charge in [-0.2, -0.15) is 0 Å². The van der Waals surface area contributed by atoms with Crippen LogP contribution < -0.4 is 5.32 Å². The zero-order chi connectivity index (χ0) is 8.27. The largest absolute Gasteiger partial charge is 0.396 e. The molecule has 0 aliphatic carbocycles. The lowest BCUT2D eigenvalue weighted by Crippen LogP contribution is -2.53. The Balaban J connectivity index is 2.31. The van der Waals surface area contributed by atoms with Gasteiger partial charge in [0.05, 0.1) is 0 Å². The van der Waals surface area contributed by atoms with Gasteiger partial charge in [0.15, 0.2) is 0 Å². The maximum Gasteiger partial charge on any atom is 0.0446 e. The molecule has 0 amide bonds. The second-order valence-corrected chi connectivity index (χ2v) is 3.41. The van der Waals surface area contributed by atoms with E-state index in [0.29, 0.717) is 18.7 Å². The van der Waals surface area contributed by atoms with Crippen molar-refractivity contribution in [3.05, 3.63) is 0 Å². The Morgan fingerprint density at radius 3 is 2.91 bits per heavy atom. The maximum absolute atomic E-state index is 8.75. The molecule has 66 valence electrons. The molecule has 1 aliphatic rings. The van der Waals surface area contributed by atoms with Gasteiger partial charge in [-0.1, -0.05) is 0 Å². The van der Waals surface area contributed by atoms with Gasteiger partial charge in [-0.15, -0.1) is 0 Å². The van der Waals surface area contributed by atoms with Crippen LogP contribution >= 0.6 is 0 Å². The summed E-state index contributed by atoms with van der Waals surface area (Å²) in [6.07, 6.45) is 0.885. The number of likely N-dealkylation sites (N-methyl/N-ethyl adjacent to an activating group) is 1. The Morgan fingerprint density at radius 1 is 1.64 bits per heavy atom. The number of rotatable bonds is 2. The fraction of sp³-hybridized carbons (Fsp3) is 1.00. The predicted octanol–water partition coefficient (Wildman–Crippen LogP) is -0.339. The monoisotopic (exact) mass is 158 g/mol. The van der Waals surface area contributed by atoms with Gasteiger partial charge in [0, 0.05) is 31.8 Å². The smallest absolute Gasteiger partial charge is 0.0446 e. The van der Waals surface area contributed by atoms with E-state index >= 15 is 0 Å². The van der Waals surface area contributed by atoms with Crippen LogP contribution in [0.1, 0.15) is 13.3 Å². The Labute approximate surface area is 68.4 Å². The van der Waals surface area contributed by atoms with E-state index in [-0.39, 0.29) is 0 Å². The van der Waals surface area contributed by atoms with Gasteiger partial charge in [-0.25, -0.2) is 0 Å². The minimum Gasteiger partial charge on any atom is -0.396 e. The number of aliphatic hydroxyl groups excluding tert-OH is 1. The molecule has 3 heteroatoms. The minimum atomic E-state index is 0.297. The molecular formula is C8H18N2O. The van der Waals surface area contributed by atoms with Crippen LogP contribution in [0.5, 0.6) is 0 Å². The molecule has 1 saturated heterocycles. The summed E-state index contributed by atoms with van der Waals surface area (Å²) in [6, 6.07) is 1.12. The van der Waals surface area contributed by atoms with Gasteiger partial charge < -0.3 is 15.3 Å². The van der Waals surface area contributed by atoms with Crippen molar-refractivity contribution in [3.63, 3.8) is 0 Å². The highest BCUT2D eigenvalue weighted by Gasteiger charge is 2.21. The lowest BCUT2D eigenvalue weighted by atomic mass is 10.1. The fourth-order valence-electron chi connectivity index (χ4n) is 1.61. The van der Waals surface area contributed by atoms with Gasteiger partial charge in [0.2, 0.25) is 0 Å². The van der Waals surface area contributed by atoms with E-state index in [0.717, 1.165) is 19.5 Å². The Morgan fingerprint density at radius 2 is 2.36 bits per heavy atom. The second kappa shape index (κ2) is 4.04. The number of piperazine rings is 1. The van der Waals surface area contributed by atoms with Crippen molar-refractivity contribution in [1.29, 1.82) is 0 Å². The van der Waals surface area contributed by atoms with Crippen molar-refractivity contribution in [1.82, 2.24) is 10.2 Å². The van der Waals surface area contributed by atoms with Gasteiger partial charge in [-0.3, -0.25) is 0 Å². The minimum absolute atomic E-state index is 0.297. The van der Waals surface area contributed by atoms with E-state index in [1.165, 1.54) is 0 Å². The highest BCUT2D eigenvalue weighted by Crippen LogP contribution is 2.06. The summed E-state index contributed by atoms with van der Waals surface area (Å²) in [6.45, 7) is 4.58. The third kappa shape index (κ3) is 2.43. The summed E-state index contributed by atoms with van der Waals surface area (Å²) in [4.78, 5) is 2.32. The molecule has 1 aliphatic heterocycles. The van der Waals surface area contributed by atoms with Crippen LogP contribution in [0.2, 0.25) is 0 Å². The molecule has 0 saturated carbocycles. The molecule has 0 spiro atoms. The second-order valence-electron chi connectivity index (χ2n) is 3.41. The van der Waals surface area contributed by atoms with E-state index in [9.17, 15) is 0 Å². The third-order valence-electron chi connectivity index (χ3n) is 2.35. The molecular weight excluding hydrogens is 140 g/mol. The van der Waals surface area contributed by atoms with E-state index < -0.39 is 0 Å². The quantitative estimate of drug-likeness (QED) is 0.577. The van der Waals surface area contributed by atoms with Crippen molar-refractivity contribution in [2.75, 3.05) is 26.7 Å². The third-order valence-corrected chi connectivity index (χ3v) is 2.35. The van der Waals surface area contributed by atoms with Crippen LogP contribution in [-0.2, 0) is 0 Å². The molecule has 0 radical (unpaired) electrons. The van der Waals surface area contributed by atoms with Gasteiger partial charge in [0.1, 0.15) is 0 Å². The van der Waals surface area contributed by atoms with Crippen molar-refractivity contribution in [2.24, 2.45) is 0 Å². The van der Waals surface area contributed by atoms with E-state index in [4.69, 9.17) is 5.11 Å².